The fraction of sp³-hybridized carbons (Fsp3) is 0.429. The van der Waals surface area contributed by atoms with E-state index in [1.807, 2.05) is 24.3 Å². The van der Waals surface area contributed by atoms with Crippen LogP contribution in [0.2, 0.25) is 5.15 Å². The highest BCUT2D eigenvalue weighted by Crippen LogP contribution is 2.30. The van der Waals surface area contributed by atoms with Gasteiger partial charge in [0, 0.05) is 10.9 Å². The zero-order valence-corrected chi connectivity index (χ0v) is 14.1. The second-order valence-corrected chi connectivity index (χ2v) is 6.19. The van der Waals surface area contributed by atoms with E-state index >= 15 is 0 Å². The van der Waals surface area contributed by atoms with Crippen molar-refractivity contribution in [3.63, 3.8) is 0 Å². The SMILES string of the molecule is Clc1[nH]c2ccccc2c1Br.OC[C@H]1O[C@@H](O)[C@H](O)[C@@H](O)[C@H]1O. The number of aliphatic hydroxyl groups is 5. The molecule has 3 rings (SSSR count). The minimum Gasteiger partial charge on any atom is -0.394 e. The number of hydrogen-bond donors (Lipinski definition) is 6. The molecular weight excluding hydrogens is 394 g/mol. The van der Waals surface area contributed by atoms with Crippen LogP contribution in [0, 0.1) is 0 Å². The average Bonchev–Trinajstić information content (AvgIpc) is 2.84. The lowest BCUT2D eigenvalue weighted by molar-refractivity contribution is -0.286. The molecule has 1 saturated heterocycles. The van der Waals surface area contributed by atoms with Crippen LogP contribution in [0.5, 0.6) is 0 Å². The first kappa shape index (κ1) is 18.6. The van der Waals surface area contributed by atoms with Crippen LogP contribution < -0.4 is 0 Å². The molecular formula is C14H17BrClNO6. The van der Waals surface area contributed by atoms with E-state index in [-0.39, 0.29) is 0 Å². The molecule has 1 aliphatic rings. The standard InChI is InChI=1S/C8H5BrClN.C6H12O6/c9-7-5-3-1-2-4-6(5)11-8(7)10;7-1-2-3(8)4(9)5(10)6(11)12-2/h1-4,11H;2-11H,1H2/t;2-,3+,4+,5-,6-/m.1/s1. The number of hydrogen-bond acceptors (Lipinski definition) is 6. The molecule has 7 nitrogen and oxygen atoms in total. The maximum absolute atomic E-state index is 9.12. The Morgan fingerprint density at radius 3 is 2.35 bits per heavy atom. The van der Waals surface area contributed by atoms with Gasteiger partial charge in [-0.15, -0.1) is 0 Å². The summed E-state index contributed by atoms with van der Waals surface area (Å²) in [5.41, 5.74) is 1.06. The number of halogens is 2. The second-order valence-electron chi connectivity index (χ2n) is 5.02. The van der Waals surface area contributed by atoms with E-state index < -0.39 is 37.3 Å². The Hall–Kier alpha value is -0.710. The Bertz CT molecular complexity index is 648. The maximum atomic E-state index is 9.12. The summed E-state index contributed by atoms with van der Waals surface area (Å²) in [5.74, 6) is 0. The number of para-hydroxylation sites is 1. The van der Waals surface area contributed by atoms with Gasteiger partial charge in [0.05, 0.1) is 11.1 Å². The molecule has 5 atom stereocenters. The Labute approximate surface area is 145 Å². The van der Waals surface area contributed by atoms with Gasteiger partial charge in [0.15, 0.2) is 6.29 Å². The van der Waals surface area contributed by atoms with Crippen molar-refractivity contribution in [3.05, 3.63) is 33.9 Å². The van der Waals surface area contributed by atoms with Crippen molar-refractivity contribution in [3.8, 4) is 0 Å². The van der Waals surface area contributed by atoms with E-state index in [0.717, 1.165) is 15.4 Å². The first-order valence-electron chi connectivity index (χ1n) is 6.77. The fourth-order valence-electron chi connectivity index (χ4n) is 2.16. The Morgan fingerprint density at radius 2 is 1.74 bits per heavy atom. The van der Waals surface area contributed by atoms with Gasteiger partial charge in [-0.05, 0) is 22.0 Å². The van der Waals surface area contributed by atoms with Crippen LogP contribution in [0.4, 0.5) is 0 Å². The first-order chi connectivity index (χ1) is 10.9. The van der Waals surface area contributed by atoms with Crippen molar-refractivity contribution in [1.29, 1.82) is 0 Å². The van der Waals surface area contributed by atoms with Gasteiger partial charge in [0.2, 0.25) is 0 Å². The number of aliphatic hydroxyl groups excluding tert-OH is 5. The number of H-pyrrole nitrogens is 1. The molecule has 1 fully saturated rings. The van der Waals surface area contributed by atoms with E-state index in [1.54, 1.807) is 0 Å². The number of fused-ring (bicyclic) bond motifs is 1. The van der Waals surface area contributed by atoms with Crippen LogP contribution in [-0.4, -0.2) is 67.8 Å². The molecule has 0 unspecified atom stereocenters. The van der Waals surface area contributed by atoms with Crippen molar-refractivity contribution in [2.75, 3.05) is 6.61 Å². The number of benzene rings is 1. The normalized spacial score (nSPS) is 30.8. The summed E-state index contributed by atoms with van der Waals surface area (Å²) in [7, 11) is 0. The smallest absolute Gasteiger partial charge is 0.184 e. The van der Waals surface area contributed by atoms with Crippen molar-refractivity contribution < 1.29 is 30.3 Å². The van der Waals surface area contributed by atoms with Crippen LogP contribution in [0.1, 0.15) is 0 Å². The van der Waals surface area contributed by atoms with E-state index in [4.69, 9.17) is 37.1 Å². The van der Waals surface area contributed by atoms with Gasteiger partial charge in [0.25, 0.3) is 0 Å². The molecule has 1 aliphatic heterocycles. The lowest BCUT2D eigenvalue weighted by atomic mass is 10.00. The Kier molecular flexibility index (Phi) is 6.40. The van der Waals surface area contributed by atoms with Gasteiger partial charge in [-0.25, -0.2) is 0 Å². The lowest BCUT2D eigenvalue weighted by Crippen LogP contribution is -2.58. The molecule has 0 aliphatic carbocycles. The highest BCUT2D eigenvalue weighted by Gasteiger charge is 2.42. The molecule has 0 spiro atoms. The number of rotatable bonds is 1. The van der Waals surface area contributed by atoms with Crippen LogP contribution in [0.15, 0.2) is 28.7 Å². The summed E-state index contributed by atoms with van der Waals surface area (Å²) in [6.45, 7) is -0.526. The third-order valence-corrected chi connectivity index (χ3v) is 4.80. The maximum Gasteiger partial charge on any atom is 0.184 e. The molecule has 23 heavy (non-hydrogen) atoms. The molecule has 0 amide bonds. The molecule has 6 N–H and O–H groups in total. The fourth-order valence-corrected chi connectivity index (χ4v) is 2.81. The van der Waals surface area contributed by atoms with Crippen LogP contribution in [0.25, 0.3) is 10.9 Å². The van der Waals surface area contributed by atoms with Crippen molar-refractivity contribution in [2.45, 2.75) is 30.7 Å². The summed E-state index contributed by atoms with van der Waals surface area (Å²) >= 11 is 9.24. The number of aromatic nitrogens is 1. The highest BCUT2D eigenvalue weighted by atomic mass is 79.9. The Morgan fingerprint density at radius 1 is 1.09 bits per heavy atom. The second kappa shape index (κ2) is 7.91. The van der Waals surface area contributed by atoms with E-state index in [2.05, 4.69) is 25.7 Å². The van der Waals surface area contributed by atoms with Crippen molar-refractivity contribution in [2.24, 2.45) is 0 Å². The summed E-state index contributed by atoms with van der Waals surface area (Å²) in [4.78, 5) is 3.05. The predicted molar refractivity (Wildman–Crippen MR) is 87.0 cm³/mol. The molecule has 2 heterocycles. The average molecular weight is 411 g/mol. The summed E-state index contributed by atoms with van der Waals surface area (Å²) in [6.07, 6.45) is -7.04. The van der Waals surface area contributed by atoms with E-state index in [1.165, 1.54) is 0 Å². The van der Waals surface area contributed by atoms with Gasteiger partial charge in [0.1, 0.15) is 29.6 Å². The molecule has 2 aromatic rings. The number of ether oxygens (including phenoxy) is 1. The first-order valence-corrected chi connectivity index (χ1v) is 7.94. The van der Waals surface area contributed by atoms with Crippen LogP contribution in [-0.2, 0) is 4.74 Å². The largest absolute Gasteiger partial charge is 0.394 e. The van der Waals surface area contributed by atoms with Gasteiger partial charge in [-0.2, -0.15) is 0 Å². The topological polar surface area (TPSA) is 126 Å². The quantitative estimate of drug-likeness (QED) is 0.403. The molecule has 9 heteroatoms. The molecule has 0 radical (unpaired) electrons. The zero-order chi connectivity index (χ0) is 17.1. The molecule has 1 aromatic heterocycles. The van der Waals surface area contributed by atoms with Gasteiger partial charge >= 0.3 is 0 Å². The van der Waals surface area contributed by atoms with Gasteiger partial charge < -0.3 is 35.3 Å². The minimum absolute atomic E-state index is 0.526. The highest BCUT2D eigenvalue weighted by molar-refractivity contribution is 9.10. The van der Waals surface area contributed by atoms with Gasteiger partial charge in [-0.3, -0.25) is 0 Å². The summed E-state index contributed by atoms with van der Waals surface area (Å²) in [5, 5.41) is 46.4. The Balaban J connectivity index is 0.000000167. The summed E-state index contributed by atoms with van der Waals surface area (Å²) < 4.78 is 5.52. The van der Waals surface area contributed by atoms with Gasteiger partial charge in [-0.1, -0.05) is 29.8 Å². The molecule has 1 aromatic carbocycles. The minimum atomic E-state index is -1.57. The van der Waals surface area contributed by atoms with Crippen LogP contribution >= 0.6 is 27.5 Å². The third kappa shape index (κ3) is 4.04. The predicted octanol–water partition coefficient (Wildman–Crippen LogP) is 0.362. The molecule has 128 valence electrons. The monoisotopic (exact) mass is 409 g/mol. The third-order valence-electron chi connectivity index (χ3n) is 3.47. The van der Waals surface area contributed by atoms with Crippen molar-refractivity contribution in [1.82, 2.24) is 4.98 Å². The van der Waals surface area contributed by atoms with E-state index in [9.17, 15) is 0 Å². The number of aromatic amines is 1. The molecule has 0 saturated carbocycles. The number of nitrogens with one attached hydrogen (secondary N) is 1. The van der Waals surface area contributed by atoms with E-state index in [0.29, 0.717) is 5.15 Å². The molecule has 0 bridgehead atoms. The zero-order valence-electron chi connectivity index (χ0n) is 11.8. The van der Waals surface area contributed by atoms with Crippen molar-refractivity contribution >= 4 is 38.4 Å². The summed E-state index contributed by atoms with van der Waals surface area (Å²) in [6, 6.07) is 7.96. The van der Waals surface area contributed by atoms with Crippen LogP contribution in [0.3, 0.4) is 0 Å². The lowest BCUT2D eigenvalue weighted by Gasteiger charge is -2.37.